The van der Waals surface area contributed by atoms with Gasteiger partial charge >= 0.3 is 0 Å². The van der Waals surface area contributed by atoms with Crippen molar-refractivity contribution >= 4 is 24.0 Å². The number of nitrogens with one attached hydrogen (secondary N) is 1. The maximum atomic E-state index is 13.2. The number of carbonyl (C=O) groups excluding carboxylic acids is 1. The number of nitro groups is 1. The Balaban J connectivity index is 0.00000261. The summed E-state index contributed by atoms with van der Waals surface area (Å²) in [6, 6.07) is 11.6. The number of hydrogen-bond acceptors (Lipinski definition) is 5. The third-order valence-corrected chi connectivity index (χ3v) is 4.61. The lowest BCUT2D eigenvalue weighted by Crippen LogP contribution is -2.40. The van der Waals surface area contributed by atoms with Crippen LogP contribution in [0, 0.1) is 10.1 Å². The first-order valence-corrected chi connectivity index (χ1v) is 8.81. The summed E-state index contributed by atoms with van der Waals surface area (Å²) < 4.78 is 0. The van der Waals surface area contributed by atoms with E-state index in [9.17, 15) is 14.9 Å². The largest absolute Gasteiger partial charge is 0.330 e. The van der Waals surface area contributed by atoms with E-state index in [1.165, 1.54) is 12.1 Å². The lowest BCUT2D eigenvalue weighted by Gasteiger charge is -2.31. The van der Waals surface area contributed by atoms with Crippen LogP contribution in [0.3, 0.4) is 0 Å². The number of pyridine rings is 1. The standard InChI is InChI=1S/C19H22N4O3.ClH/c24-19(15-5-3-7-18(13-15)23(25)26)22(14-16-6-1-2-11-21-16)17-8-4-10-20-12-9-17;/h1-3,5-7,11,13,17,20H,4,8-10,12,14H2;1H. The Morgan fingerprint density at radius 1 is 1.22 bits per heavy atom. The van der Waals surface area contributed by atoms with Crippen molar-refractivity contribution in [1.29, 1.82) is 0 Å². The van der Waals surface area contributed by atoms with Crippen molar-refractivity contribution in [1.82, 2.24) is 15.2 Å². The molecular formula is C19H23ClN4O3. The number of benzene rings is 1. The molecule has 0 spiro atoms. The van der Waals surface area contributed by atoms with Gasteiger partial charge in [-0.05, 0) is 50.6 Å². The summed E-state index contributed by atoms with van der Waals surface area (Å²) in [5, 5.41) is 14.4. The molecule has 1 saturated heterocycles. The van der Waals surface area contributed by atoms with Crippen LogP contribution in [0.5, 0.6) is 0 Å². The molecule has 1 amide bonds. The normalized spacial score (nSPS) is 16.7. The van der Waals surface area contributed by atoms with Crippen molar-refractivity contribution in [3.8, 4) is 0 Å². The van der Waals surface area contributed by atoms with Crippen molar-refractivity contribution in [3.63, 3.8) is 0 Å². The topological polar surface area (TPSA) is 88.4 Å². The van der Waals surface area contributed by atoms with Gasteiger partial charge in [-0.25, -0.2) is 0 Å². The number of rotatable bonds is 5. The lowest BCUT2D eigenvalue weighted by molar-refractivity contribution is -0.384. The van der Waals surface area contributed by atoms with Crippen LogP contribution in [0.1, 0.15) is 35.3 Å². The quantitative estimate of drug-likeness (QED) is 0.625. The molecule has 1 N–H and O–H groups in total. The summed E-state index contributed by atoms with van der Waals surface area (Å²) in [5.41, 5.74) is 1.08. The number of carbonyl (C=O) groups is 1. The molecule has 8 heteroatoms. The fraction of sp³-hybridized carbons (Fsp3) is 0.368. The van der Waals surface area contributed by atoms with E-state index in [4.69, 9.17) is 0 Å². The Labute approximate surface area is 164 Å². The molecule has 3 rings (SSSR count). The molecule has 7 nitrogen and oxygen atoms in total. The zero-order valence-electron chi connectivity index (χ0n) is 14.9. The zero-order chi connectivity index (χ0) is 18.4. The monoisotopic (exact) mass is 390 g/mol. The van der Waals surface area contributed by atoms with E-state index >= 15 is 0 Å². The maximum Gasteiger partial charge on any atom is 0.270 e. The summed E-state index contributed by atoms with van der Waals surface area (Å²) in [4.78, 5) is 29.9. The van der Waals surface area contributed by atoms with Gasteiger partial charge in [-0.3, -0.25) is 19.9 Å². The van der Waals surface area contributed by atoms with Crippen LogP contribution in [0.2, 0.25) is 0 Å². The van der Waals surface area contributed by atoms with E-state index in [0.29, 0.717) is 12.1 Å². The number of non-ortho nitro benzene ring substituents is 1. The van der Waals surface area contributed by atoms with Crippen molar-refractivity contribution in [3.05, 3.63) is 70.0 Å². The van der Waals surface area contributed by atoms with E-state index in [-0.39, 0.29) is 30.0 Å². The highest BCUT2D eigenvalue weighted by molar-refractivity contribution is 5.95. The van der Waals surface area contributed by atoms with Crippen LogP contribution < -0.4 is 5.32 Å². The second kappa shape index (κ2) is 9.99. The summed E-state index contributed by atoms with van der Waals surface area (Å²) in [6.45, 7) is 2.19. The Kier molecular flexibility index (Phi) is 7.69. The molecule has 1 unspecified atom stereocenters. The van der Waals surface area contributed by atoms with Crippen molar-refractivity contribution in [2.75, 3.05) is 13.1 Å². The number of nitro benzene ring substituents is 1. The van der Waals surface area contributed by atoms with Gasteiger partial charge in [0, 0.05) is 29.9 Å². The molecule has 27 heavy (non-hydrogen) atoms. The summed E-state index contributed by atoms with van der Waals surface area (Å²) in [7, 11) is 0. The molecule has 0 bridgehead atoms. The van der Waals surface area contributed by atoms with E-state index in [2.05, 4.69) is 10.3 Å². The molecule has 1 aromatic heterocycles. The molecule has 144 valence electrons. The highest BCUT2D eigenvalue weighted by Crippen LogP contribution is 2.21. The summed E-state index contributed by atoms with van der Waals surface area (Å²) in [5.74, 6) is -0.189. The van der Waals surface area contributed by atoms with Gasteiger partial charge in [-0.1, -0.05) is 12.1 Å². The van der Waals surface area contributed by atoms with Crippen LogP contribution in [-0.4, -0.2) is 39.8 Å². The number of hydrogen-bond donors (Lipinski definition) is 1. The maximum absolute atomic E-state index is 13.2. The molecule has 1 atom stereocenters. The lowest BCUT2D eigenvalue weighted by atomic mass is 10.0. The Morgan fingerprint density at radius 3 is 2.81 bits per heavy atom. The van der Waals surface area contributed by atoms with Gasteiger partial charge in [0.2, 0.25) is 0 Å². The highest BCUT2D eigenvalue weighted by Gasteiger charge is 2.27. The average molecular weight is 391 g/mol. The van der Waals surface area contributed by atoms with Crippen molar-refractivity contribution in [2.24, 2.45) is 0 Å². The Hall–Kier alpha value is -2.51. The first-order chi connectivity index (χ1) is 12.6. The Bertz CT molecular complexity index is 765. The first kappa shape index (κ1) is 20.8. The van der Waals surface area contributed by atoms with Crippen LogP contribution in [0.15, 0.2) is 48.7 Å². The Morgan fingerprint density at radius 2 is 2.07 bits per heavy atom. The molecule has 1 aromatic carbocycles. The van der Waals surface area contributed by atoms with Gasteiger partial charge in [0.1, 0.15) is 0 Å². The summed E-state index contributed by atoms with van der Waals surface area (Å²) in [6.07, 6.45) is 4.46. The van der Waals surface area contributed by atoms with Gasteiger partial charge in [0.05, 0.1) is 17.2 Å². The number of nitrogens with zero attached hydrogens (tertiary/aromatic N) is 3. The van der Waals surface area contributed by atoms with Crippen LogP contribution in [0.25, 0.3) is 0 Å². The van der Waals surface area contributed by atoms with Crippen molar-refractivity contribution < 1.29 is 9.72 Å². The molecule has 0 aliphatic carbocycles. The molecule has 0 radical (unpaired) electrons. The fourth-order valence-electron chi connectivity index (χ4n) is 3.26. The predicted molar refractivity (Wildman–Crippen MR) is 105 cm³/mol. The van der Waals surface area contributed by atoms with E-state index in [0.717, 1.165) is 38.0 Å². The minimum Gasteiger partial charge on any atom is -0.330 e. The molecular weight excluding hydrogens is 368 g/mol. The van der Waals surface area contributed by atoms with Crippen molar-refractivity contribution in [2.45, 2.75) is 31.8 Å². The zero-order valence-corrected chi connectivity index (χ0v) is 15.7. The van der Waals surface area contributed by atoms with E-state index in [1.807, 2.05) is 23.1 Å². The van der Waals surface area contributed by atoms with Gasteiger partial charge in [-0.2, -0.15) is 0 Å². The first-order valence-electron chi connectivity index (χ1n) is 8.81. The highest BCUT2D eigenvalue weighted by atomic mass is 35.5. The number of amides is 1. The van der Waals surface area contributed by atoms with Gasteiger partial charge < -0.3 is 10.2 Å². The van der Waals surface area contributed by atoms with Gasteiger partial charge in [0.15, 0.2) is 0 Å². The van der Waals surface area contributed by atoms with E-state index < -0.39 is 4.92 Å². The predicted octanol–water partition coefficient (Wildman–Crippen LogP) is 3.20. The minimum absolute atomic E-state index is 0. The van der Waals surface area contributed by atoms with Gasteiger partial charge in [-0.15, -0.1) is 12.4 Å². The van der Waals surface area contributed by atoms with Crippen LogP contribution in [0.4, 0.5) is 5.69 Å². The third kappa shape index (κ3) is 5.48. The fourth-order valence-corrected chi connectivity index (χ4v) is 3.26. The second-order valence-corrected chi connectivity index (χ2v) is 6.40. The average Bonchev–Trinajstić information content (AvgIpc) is 2.96. The van der Waals surface area contributed by atoms with Gasteiger partial charge in [0.25, 0.3) is 11.6 Å². The molecule has 1 aliphatic heterocycles. The molecule has 1 aliphatic rings. The van der Waals surface area contributed by atoms with Crippen LogP contribution in [-0.2, 0) is 6.54 Å². The summed E-state index contributed by atoms with van der Waals surface area (Å²) >= 11 is 0. The molecule has 2 heterocycles. The number of aromatic nitrogens is 1. The third-order valence-electron chi connectivity index (χ3n) is 4.61. The smallest absolute Gasteiger partial charge is 0.270 e. The molecule has 1 fully saturated rings. The SMILES string of the molecule is Cl.O=C(c1cccc([N+](=O)[O-])c1)N(Cc1ccccn1)C1CCCNCC1. The van der Waals surface area contributed by atoms with Crippen LogP contribution >= 0.6 is 12.4 Å². The molecule has 0 saturated carbocycles. The number of halogens is 1. The van der Waals surface area contributed by atoms with E-state index in [1.54, 1.807) is 18.3 Å². The molecule has 2 aromatic rings. The second-order valence-electron chi connectivity index (χ2n) is 6.40. The minimum atomic E-state index is -0.477.